The van der Waals surface area contributed by atoms with E-state index in [0.717, 1.165) is 17.4 Å². The summed E-state index contributed by atoms with van der Waals surface area (Å²) >= 11 is 0. The maximum absolute atomic E-state index is 11.1. The van der Waals surface area contributed by atoms with Gasteiger partial charge < -0.3 is 10.1 Å². The zero-order valence-corrected chi connectivity index (χ0v) is 11.7. The van der Waals surface area contributed by atoms with Gasteiger partial charge >= 0.3 is 0 Å². The number of aldehydes is 1. The molecule has 0 spiro atoms. The number of hydrogen-bond donors (Lipinski definition) is 1. The summed E-state index contributed by atoms with van der Waals surface area (Å²) in [6, 6.07) is 7.84. The number of aryl methyl sites for hydroxylation is 1. The summed E-state index contributed by atoms with van der Waals surface area (Å²) in [6.07, 6.45) is 1.86. The first-order valence-electron chi connectivity index (χ1n) is 6.40. The van der Waals surface area contributed by atoms with Crippen LogP contribution < -0.4 is 5.32 Å². The molecule has 1 unspecified atom stereocenters. The molecule has 3 heteroatoms. The molecule has 0 aromatic heterocycles. The third kappa shape index (κ3) is 5.62. The molecule has 100 valence electrons. The summed E-state index contributed by atoms with van der Waals surface area (Å²) in [5, 5.41) is 2.55. The second kappa shape index (κ2) is 9.40. The molecule has 0 heterocycles. The molecule has 0 aliphatic heterocycles. The Balaban J connectivity index is 0.00000137. The van der Waals surface area contributed by atoms with Gasteiger partial charge in [-0.25, -0.2) is 0 Å². The molecule has 0 aliphatic carbocycles. The highest BCUT2D eigenvalue weighted by Gasteiger charge is 2.12. The highest BCUT2D eigenvalue weighted by molar-refractivity contribution is 5.76. The van der Waals surface area contributed by atoms with E-state index in [1.807, 2.05) is 45.0 Å². The van der Waals surface area contributed by atoms with E-state index >= 15 is 0 Å². The molecule has 1 aromatic carbocycles. The Morgan fingerprint density at radius 3 is 2.56 bits per heavy atom. The van der Waals surface area contributed by atoms with Gasteiger partial charge in [0.15, 0.2) is 0 Å². The molecule has 0 radical (unpaired) electrons. The van der Waals surface area contributed by atoms with Crippen LogP contribution in [0, 0.1) is 6.92 Å². The van der Waals surface area contributed by atoms with E-state index in [1.165, 1.54) is 0 Å². The number of hydrogen-bond acceptors (Lipinski definition) is 2. The Kier molecular flexibility index (Phi) is 8.54. The molecule has 1 atom stereocenters. The molecule has 0 bridgehead atoms. The van der Waals surface area contributed by atoms with E-state index in [4.69, 9.17) is 0 Å². The largest absolute Gasteiger partial charge is 0.359 e. The van der Waals surface area contributed by atoms with Gasteiger partial charge in [-0.3, -0.25) is 4.79 Å². The minimum Gasteiger partial charge on any atom is -0.359 e. The monoisotopic (exact) mass is 249 g/mol. The van der Waals surface area contributed by atoms with Crippen LogP contribution >= 0.6 is 0 Å². The molecule has 0 saturated heterocycles. The fraction of sp³-hybridized carbons (Fsp3) is 0.467. The van der Waals surface area contributed by atoms with Gasteiger partial charge in [-0.2, -0.15) is 0 Å². The number of nitrogens with one attached hydrogen (secondary N) is 1. The number of carbonyl (C=O) groups is 2. The average Bonchev–Trinajstić information content (AvgIpc) is 2.41. The van der Waals surface area contributed by atoms with Gasteiger partial charge in [0.25, 0.3) is 0 Å². The fourth-order valence-corrected chi connectivity index (χ4v) is 1.63. The van der Waals surface area contributed by atoms with Crippen LogP contribution in [0.4, 0.5) is 0 Å². The number of rotatable bonds is 5. The lowest BCUT2D eigenvalue weighted by atomic mass is 9.94. The number of benzene rings is 1. The second-order valence-corrected chi connectivity index (χ2v) is 3.87. The van der Waals surface area contributed by atoms with Crippen LogP contribution in [-0.2, 0) is 9.59 Å². The third-order valence-electron chi connectivity index (χ3n) is 2.60. The Labute approximate surface area is 110 Å². The van der Waals surface area contributed by atoms with Crippen molar-refractivity contribution in [2.45, 2.75) is 39.5 Å². The highest BCUT2D eigenvalue weighted by atomic mass is 16.1. The Hall–Kier alpha value is -1.64. The van der Waals surface area contributed by atoms with E-state index in [-0.39, 0.29) is 11.8 Å². The predicted molar refractivity (Wildman–Crippen MR) is 74.6 cm³/mol. The fourth-order valence-electron chi connectivity index (χ4n) is 1.63. The average molecular weight is 249 g/mol. The van der Waals surface area contributed by atoms with Crippen molar-refractivity contribution in [2.24, 2.45) is 0 Å². The van der Waals surface area contributed by atoms with Gasteiger partial charge in [-0.05, 0) is 18.9 Å². The lowest BCUT2D eigenvalue weighted by Crippen LogP contribution is -2.18. The minimum atomic E-state index is -0.183. The van der Waals surface area contributed by atoms with Gasteiger partial charge in [0.1, 0.15) is 6.29 Å². The summed E-state index contributed by atoms with van der Waals surface area (Å²) in [7, 11) is 1.60. The molecule has 3 nitrogen and oxygen atoms in total. The van der Waals surface area contributed by atoms with Gasteiger partial charge in [-0.1, -0.05) is 43.7 Å². The maximum Gasteiger partial charge on any atom is 0.219 e. The van der Waals surface area contributed by atoms with E-state index in [0.29, 0.717) is 12.8 Å². The van der Waals surface area contributed by atoms with Crippen molar-refractivity contribution in [3.8, 4) is 0 Å². The van der Waals surface area contributed by atoms with Crippen molar-refractivity contribution in [3.05, 3.63) is 35.4 Å². The summed E-state index contributed by atoms with van der Waals surface area (Å²) in [5.74, 6) is -0.211. The van der Waals surface area contributed by atoms with Crippen molar-refractivity contribution in [2.75, 3.05) is 7.05 Å². The van der Waals surface area contributed by atoms with E-state index in [2.05, 4.69) is 5.32 Å². The first-order chi connectivity index (χ1) is 8.67. The third-order valence-corrected chi connectivity index (χ3v) is 2.60. The van der Waals surface area contributed by atoms with Crippen molar-refractivity contribution in [3.63, 3.8) is 0 Å². The molecule has 0 saturated carbocycles. The van der Waals surface area contributed by atoms with Gasteiger partial charge in [0.05, 0.1) is 0 Å². The van der Waals surface area contributed by atoms with Crippen LogP contribution in [0.25, 0.3) is 0 Å². The van der Waals surface area contributed by atoms with E-state index in [9.17, 15) is 9.59 Å². The smallest absolute Gasteiger partial charge is 0.219 e. The maximum atomic E-state index is 11.1. The first-order valence-corrected chi connectivity index (χ1v) is 6.40. The standard InChI is InChI=1S/C13H17NO2.C2H6/c1-10-4-3-5-11(8-10)12(9-15)6-7-13(16)14-2;1-2/h3-5,8-9,12H,6-7H2,1-2H3,(H,14,16);1-2H3. The Morgan fingerprint density at radius 2 is 2.06 bits per heavy atom. The normalized spacial score (nSPS) is 10.9. The summed E-state index contributed by atoms with van der Waals surface area (Å²) in [5.41, 5.74) is 2.11. The van der Waals surface area contributed by atoms with Crippen LogP contribution in [-0.4, -0.2) is 19.2 Å². The summed E-state index contributed by atoms with van der Waals surface area (Å²) in [6.45, 7) is 5.99. The molecule has 1 amide bonds. The SMILES string of the molecule is CC.CNC(=O)CCC(C=O)c1cccc(C)c1. The van der Waals surface area contributed by atoms with Gasteiger partial charge in [-0.15, -0.1) is 0 Å². The Morgan fingerprint density at radius 1 is 1.39 bits per heavy atom. The van der Waals surface area contributed by atoms with Gasteiger partial charge in [0, 0.05) is 19.4 Å². The van der Waals surface area contributed by atoms with Crippen molar-refractivity contribution < 1.29 is 9.59 Å². The molecule has 1 N–H and O–H groups in total. The minimum absolute atomic E-state index is 0.0282. The van der Waals surface area contributed by atoms with Crippen molar-refractivity contribution in [1.29, 1.82) is 0 Å². The molecule has 0 aliphatic rings. The van der Waals surface area contributed by atoms with Crippen molar-refractivity contribution >= 4 is 12.2 Å². The molecule has 1 aromatic rings. The van der Waals surface area contributed by atoms with Crippen LogP contribution in [0.15, 0.2) is 24.3 Å². The highest BCUT2D eigenvalue weighted by Crippen LogP contribution is 2.19. The van der Waals surface area contributed by atoms with Crippen LogP contribution in [0.3, 0.4) is 0 Å². The quantitative estimate of drug-likeness (QED) is 0.816. The Bertz CT molecular complexity index is 375. The zero-order valence-electron chi connectivity index (χ0n) is 11.7. The molecule has 0 fully saturated rings. The van der Waals surface area contributed by atoms with E-state index in [1.54, 1.807) is 7.05 Å². The molecule has 1 rings (SSSR count). The van der Waals surface area contributed by atoms with E-state index < -0.39 is 0 Å². The van der Waals surface area contributed by atoms with Crippen LogP contribution in [0.1, 0.15) is 43.7 Å². The molecular weight excluding hydrogens is 226 g/mol. The lowest BCUT2D eigenvalue weighted by molar-refractivity contribution is -0.120. The van der Waals surface area contributed by atoms with Crippen molar-refractivity contribution in [1.82, 2.24) is 5.32 Å². The molecule has 18 heavy (non-hydrogen) atoms. The van der Waals surface area contributed by atoms with Crippen LogP contribution in [0.2, 0.25) is 0 Å². The van der Waals surface area contributed by atoms with Gasteiger partial charge in [0.2, 0.25) is 5.91 Å². The number of amides is 1. The topological polar surface area (TPSA) is 46.2 Å². The van der Waals surface area contributed by atoms with Crippen LogP contribution in [0.5, 0.6) is 0 Å². The first kappa shape index (κ1) is 16.4. The number of carbonyl (C=O) groups excluding carboxylic acids is 2. The summed E-state index contributed by atoms with van der Waals surface area (Å²) in [4.78, 5) is 22.1. The predicted octanol–water partition coefficient (Wildman–Crippen LogP) is 2.83. The molecular formula is C15H23NO2. The lowest BCUT2D eigenvalue weighted by Gasteiger charge is -2.10. The second-order valence-electron chi connectivity index (χ2n) is 3.87. The zero-order chi connectivity index (χ0) is 14.0. The summed E-state index contributed by atoms with van der Waals surface area (Å²) < 4.78 is 0.